The fourth-order valence-electron chi connectivity index (χ4n) is 4.80. The molecule has 2 aromatic carbocycles. The molecule has 1 N–H and O–H groups in total. The number of imide groups is 1. The Morgan fingerprint density at radius 2 is 1.77 bits per heavy atom. The van der Waals surface area contributed by atoms with E-state index in [0.717, 1.165) is 52.3 Å². The van der Waals surface area contributed by atoms with E-state index in [4.69, 9.17) is 0 Å². The number of likely N-dealkylation sites (tertiary alicyclic amines) is 1. The second kappa shape index (κ2) is 8.06. The molecule has 0 saturated carbocycles. The Kier molecular flexibility index (Phi) is 5.10. The van der Waals surface area contributed by atoms with Crippen molar-refractivity contribution in [1.29, 1.82) is 0 Å². The summed E-state index contributed by atoms with van der Waals surface area (Å²) in [5, 5.41) is 2.24. The van der Waals surface area contributed by atoms with E-state index in [1.165, 1.54) is 4.90 Å². The molecule has 2 amide bonds. The lowest BCUT2D eigenvalue weighted by Gasteiger charge is -2.14. The second-order valence-electron chi connectivity index (χ2n) is 8.40. The maximum absolute atomic E-state index is 13.3. The Hall–Kier alpha value is -3.34. The number of unbranched alkanes of at least 4 members (excludes halogenated alkanes) is 1. The maximum Gasteiger partial charge on any atom is 0.237 e. The fourth-order valence-corrected chi connectivity index (χ4v) is 4.80. The van der Waals surface area contributed by atoms with Crippen LogP contribution in [0.15, 0.2) is 60.9 Å². The van der Waals surface area contributed by atoms with E-state index < -0.39 is 0 Å². The summed E-state index contributed by atoms with van der Waals surface area (Å²) in [5.41, 5.74) is 4.34. The number of fused-ring (bicyclic) bond motifs is 2. The van der Waals surface area contributed by atoms with Crippen LogP contribution in [0.5, 0.6) is 0 Å². The van der Waals surface area contributed by atoms with Crippen LogP contribution in [0.4, 0.5) is 0 Å². The van der Waals surface area contributed by atoms with Gasteiger partial charge in [0.2, 0.25) is 11.8 Å². The zero-order valence-corrected chi connectivity index (χ0v) is 17.8. The number of benzene rings is 2. The average molecular weight is 414 g/mol. The molecule has 2 aromatic heterocycles. The largest absolute Gasteiger partial charge is 0.361 e. The molecule has 5 heteroatoms. The van der Waals surface area contributed by atoms with Crippen molar-refractivity contribution in [3.05, 3.63) is 72.1 Å². The van der Waals surface area contributed by atoms with Crippen LogP contribution in [0.3, 0.4) is 0 Å². The third kappa shape index (κ3) is 3.44. The van der Waals surface area contributed by atoms with E-state index in [1.807, 2.05) is 36.5 Å². The van der Waals surface area contributed by atoms with Crippen molar-refractivity contribution in [1.82, 2.24) is 14.5 Å². The molecule has 158 valence electrons. The number of hydrogen-bond donors (Lipinski definition) is 1. The molecule has 1 fully saturated rings. The Balaban J connectivity index is 1.39. The van der Waals surface area contributed by atoms with Crippen molar-refractivity contribution >= 4 is 33.6 Å². The van der Waals surface area contributed by atoms with Gasteiger partial charge in [-0.3, -0.25) is 14.5 Å². The minimum Gasteiger partial charge on any atom is -0.361 e. The van der Waals surface area contributed by atoms with Crippen LogP contribution >= 0.6 is 0 Å². The number of nitrogens with zero attached hydrogens (tertiary/aromatic N) is 2. The van der Waals surface area contributed by atoms with E-state index in [-0.39, 0.29) is 24.2 Å². The lowest BCUT2D eigenvalue weighted by Crippen LogP contribution is -2.32. The summed E-state index contributed by atoms with van der Waals surface area (Å²) in [6.07, 6.45) is 7.20. The summed E-state index contributed by atoms with van der Waals surface area (Å²) in [5.74, 6) is -0.522. The summed E-state index contributed by atoms with van der Waals surface area (Å²) in [4.78, 5) is 30.8. The third-order valence-electron chi connectivity index (χ3n) is 6.47. The average Bonchev–Trinajstić information content (AvgIpc) is 3.45. The van der Waals surface area contributed by atoms with Gasteiger partial charge < -0.3 is 9.55 Å². The quantitative estimate of drug-likeness (QED) is 0.433. The molecule has 1 saturated heterocycles. The van der Waals surface area contributed by atoms with Crippen LogP contribution in [-0.2, 0) is 22.6 Å². The molecule has 0 aliphatic carbocycles. The van der Waals surface area contributed by atoms with Crippen LogP contribution in [0.25, 0.3) is 21.8 Å². The van der Waals surface area contributed by atoms with Crippen LogP contribution in [0.1, 0.15) is 43.2 Å². The molecule has 5 nitrogen and oxygen atoms in total. The SMILES string of the molecule is CCCCn1cc(C2CC(=O)N(CCc3c[nH]c4ccccc34)C2=O)c2ccccc21. The van der Waals surface area contributed by atoms with E-state index in [9.17, 15) is 9.59 Å². The predicted octanol–water partition coefficient (Wildman–Crippen LogP) is 5.01. The van der Waals surface area contributed by atoms with E-state index in [0.29, 0.717) is 13.0 Å². The molecule has 5 rings (SSSR count). The third-order valence-corrected chi connectivity index (χ3v) is 6.47. The topological polar surface area (TPSA) is 58.1 Å². The number of aromatic nitrogens is 2. The lowest BCUT2D eigenvalue weighted by atomic mass is 9.97. The summed E-state index contributed by atoms with van der Waals surface area (Å²) < 4.78 is 2.24. The molecular weight excluding hydrogens is 386 g/mol. The van der Waals surface area contributed by atoms with Crippen molar-refractivity contribution < 1.29 is 9.59 Å². The first kappa shape index (κ1) is 19.6. The Morgan fingerprint density at radius 3 is 2.61 bits per heavy atom. The standard InChI is InChI=1S/C26H27N3O2/c1-2-3-13-28-17-22(20-9-5-7-11-24(20)28)21-15-25(30)29(26(21)31)14-12-18-16-27-23-10-6-4-8-19(18)23/h4-11,16-17,21,27H,2-3,12-15H2,1H3. The number of aryl methyl sites for hydroxylation is 1. The molecule has 0 spiro atoms. The summed E-state index contributed by atoms with van der Waals surface area (Å²) in [6.45, 7) is 3.53. The Bertz CT molecular complexity index is 1270. The Morgan fingerprint density at radius 1 is 1.00 bits per heavy atom. The van der Waals surface area contributed by atoms with Crippen LogP contribution in [0.2, 0.25) is 0 Å². The van der Waals surface area contributed by atoms with E-state index >= 15 is 0 Å². The minimum atomic E-state index is -0.386. The van der Waals surface area contributed by atoms with Crippen molar-refractivity contribution in [3.8, 4) is 0 Å². The highest BCUT2D eigenvalue weighted by molar-refractivity contribution is 6.08. The molecular formula is C26H27N3O2. The number of nitrogens with one attached hydrogen (secondary N) is 1. The number of rotatable bonds is 7. The van der Waals surface area contributed by atoms with Crippen LogP contribution in [-0.4, -0.2) is 32.8 Å². The molecule has 1 atom stereocenters. The molecule has 3 heterocycles. The molecule has 0 bridgehead atoms. The van der Waals surface area contributed by atoms with Crippen LogP contribution < -0.4 is 0 Å². The smallest absolute Gasteiger partial charge is 0.237 e. The zero-order chi connectivity index (χ0) is 21.4. The Labute approximate surface area is 181 Å². The van der Waals surface area contributed by atoms with Gasteiger partial charge in [-0.2, -0.15) is 0 Å². The van der Waals surface area contributed by atoms with Gasteiger partial charge >= 0.3 is 0 Å². The van der Waals surface area contributed by atoms with E-state index in [1.54, 1.807) is 0 Å². The molecule has 1 aliphatic rings. The van der Waals surface area contributed by atoms with Gasteiger partial charge in [0.05, 0.1) is 5.92 Å². The van der Waals surface area contributed by atoms with Gasteiger partial charge in [0, 0.05) is 53.7 Å². The summed E-state index contributed by atoms with van der Waals surface area (Å²) >= 11 is 0. The molecule has 1 unspecified atom stereocenters. The first-order chi connectivity index (χ1) is 15.2. The minimum absolute atomic E-state index is 0.0664. The maximum atomic E-state index is 13.3. The van der Waals surface area contributed by atoms with Gasteiger partial charge in [0.25, 0.3) is 0 Å². The monoisotopic (exact) mass is 413 g/mol. The number of amides is 2. The van der Waals surface area contributed by atoms with Crippen molar-refractivity contribution in [3.63, 3.8) is 0 Å². The van der Waals surface area contributed by atoms with Crippen molar-refractivity contribution in [2.24, 2.45) is 0 Å². The van der Waals surface area contributed by atoms with Crippen molar-refractivity contribution in [2.75, 3.05) is 6.54 Å². The predicted molar refractivity (Wildman–Crippen MR) is 123 cm³/mol. The van der Waals surface area contributed by atoms with Gasteiger partial charge in [-0.05, 0) is 36.1 Å². The van der Waals surface area contributed by atoms with Gasteiger partial charge in [0.15, 0.2) is 0 Å². The normalized spacial score (nSPS) is 16.8. The van der Waals surface area contributed by atoms with Gasteiger partial charge in [-0.1, -0.05) is 49.7 Å². The van der Waals surface area contributed by atoms with Gasteiger partial charge in [-0.15, -0.1) is 0 Å². The van der Waals surface area contributed by atoms with Crippen molar-refractivity contribution in [2.45, 2.75) is 45.1 Å². The number of aromatic amines is 1. The highest BCUT2D eigenvalue weighted by Gasteiger charge is 2.40. The molecule has 0 radical (unpaired) electrons. The highest BCUT2D eigenvalue weighted by atomic mass is 16.2. The summed E-state index contributed by atoms with van der Waals surface area (Å²) in [6, 6.07) is 16.3. The summed E-state index contributed by atoms with van der Waals surface area (Å²) in [7, 11) is 0. The van der Waals surface area contributed by atoms with Gasteiger partial charge in [-0.25, -0.2) is 0 Å². The molecule has 31 heavy (non-hydrogen) atoms. The lowest BCUT2D eigenvalue weighted by molar-refractivity contribution is -0.138. The number of H-pyrrole nitrogens is 1. The van der Waals surface area contributed by atoms with Crippen LogP contribution in [0, 0.1) is 0 Å². The number of hydrogen-bond acceptors (Lipinski definition) is 2. The number of para-hydroxylation sites is 2. The first-order valence-electron chi connectivity index (χ1n) is 11.1. The van der Waals surface area contributed by atoms with E-state index in [2.05, 4.69) is 40.9 Å². The highest BCUT2D eigenvalue weighted by Crippen LogP contribution is 2.35. The van der Waals surface area contributed by atoms with Gasteiger partial charge in [0.1, 0.15) is 0 Å². The molecule has 4 aromatic rings. The zero-order valence-electron chi connectivity index (χ0n) is 17.8. The second-order valence-corrected chi connectivity index (χ2v) is 8.40. The number of carbonyl (C=O) groups excluding carboxylic acids is 2. The first-order valence-corrected chi connectivity index (χ1v) is 11.1. The molecule has 1 aliphatic heterocycles. The number of carbonyl (C=O) groups is 2. The fraction of sp³-hybridized carbons (Fsp3) is 0.308.